The number of amides is 2. The summed E-state index contributed by atoms with van der Waals surface area (Å²) in [6.45, 7) is 6.16. The summed E-state index contributed by atoms with van der Waals surface area (Å²) in [5.41, 5.74) is 2.09. The molecule has 7 heteroatoms. The summed E-state index contributed by atoms with van der Waals surface area (Å²) in [5, 5.41) is 7.39. The molecule has 3 heterocycles. The number of nitrogens with zero attached hydrogens (tertiary/aromatic N) is 3. The first-order valence-electron chi connectivity index (χ1n) is 9.96. The molecule has 4 rings (SSSR count). The quantitative estimate of drug-likeness (QED) is 0.884. The van der Waals surface area contributed by atoms with E-state index in [1.165, 1.54) is 0 Å². The summed E-state index contributed by atoms with van der Waals surface area (Å²) in [6.07, 6.45) is 5.56. The minimum Gasteiger partial charge on any atom is -0.381 e. The van der Waals surface area contributed by atoms with Gasteiger partial charge in [-0.25, -0.2) is 9.48 Å². The predicted molar refractivity (Wildman–Crippen MR) is 105 cm³/mol. The maximum atomic E-state index is 12.9. The van der Waals surface area contributed by atoms with Crippen LogP contribution in [0.15, 0.2) is 42.7 Å². The van der Waals surface area contributed by atoms with Gasteiger partial charge >= 0.3 is 6.03 Å². The van der Waals surface area contributed by atoms with E-state index in [9.17, 15) is 4.79 Å². The first-order chi connectivity index (χ1) is 13.7. The van der Waals surface area contributed by atoms with E-state index in [0.717, 1.165) is 43.9 Å². The van der Waals surface area contributed by atoms with Crippen LogP contribution in [0.3, 0.4) is 0 Å². The average Bonchev–Trinajstić information content (AvgIpc) is 3.18. The summed E-state index contributed by atoms with van der Waals surface area (Å²) < 4.78 is 13.1. The average molecular weight is 384 g/mol. The number of nitrogens with one attached hydrogen (secondary N) is 1. The van der Waals surface area contributed by atoms with Gasteiger partial charge in [-0.15, -0.1) is 0 Å². The van der Waals surface area contributed by atoms with E-state index >= 15 is 0 Å². The van der Waals surface area contributed by atoms with Gasteiger partial charge in [0, 0.05) is 44.1 Å². The Kier molecular flexibility index (Phi) is 5.64. The topological polar surface area (TPSA) is 68.6 Å². The largest absolute Gasteiger partial charge is 0.381 e. The highest BCUT2D eigenvalue weighted by Gasteiger charge is 2.38. The molecule has 2 saturated heterocycles. The third kappa shape index (κ3) is 4.20. The maximum absolute atomic E-state index is 12.9. The molecule has 2 aliphatic heterocycles. The van der Waals surface area contributed by atoms with E-state index in [1.807, 2.05) is 53.0 Å². The molecule has 1 spiro atoms. The first kappa shape index (κ1) is 19.0. The normalized spacial score (nSPS) is 20.5. The van der Waals surface area contributed by atoms with Crippen LogP contribution in [0.2, 0.25) is 0 Å². The van der Waals surface area contributed by atoms with Crippen LogP contribution in [0, 0.1) is 5.41 Å². The van der Waals surface area contributed by atoms with Crippen molar-refractivity contribution < 1.29 is 14.3 Å². The van der Waals surface area contributed by atoms with Crippen LogP contribution in [0.25, 0.3) is 5.69 Å². The third-order valence-electron chi connectivity index (χ3n) is 5.78. The molecule has 0 bridgehead atoms. The molecule has 1 unspecified atom stereocenters. The number of benzene rings is 1. The summed E-state index contributed by atoms with van der Waals surface area (Å²) >= 11 is 0. The summed E-state index contributed by atoms with van der Waals surface area (Å²) in [7, 11) is 0. The molecule has 2 aromatic rings. The van der Waals surface area contributed by atoms with Crippen LogP contribution < -0.4 is 5.32 Å². The third-order valence-corrected chi connectivity index (χ3v) is 5.78. The van der Waals surface area contributed by atoms with Crippen molar-refractivity contribution in [2.45, 2.75) is 25.8 Å². The van der Waals surface area contributed by atoms with Gasteiger partial charge in [0.05, 0.1) is 24.9 Å². The van der Waals surface area contributed by atoms with Crippen LogP contribution in [-0.2, 0) is 9.47 Å². The van der Waals surface area contributed by atoms with Crippen LogP contribution >= 0.6 is 0 Å². The SMILES string of the molecule is CC(NC(=O)N1CCOCC2(CCOCC2)C1)c1ccc(-n2cccn2)cc1. The zero-order valence-electron chi connectivity index (χ0n) is 16.3. The molecule has 0 aliphatic carbocycles. The highest BCUT2D eigenvalue weighted by Crippen LogP contribution is 2.33. The lowest BCUT2D eigenvalue weighted by Gasteiger charge is -2.38. The Morgan fingerprint density at radius 2 is 1.96 bits per heavy atom. The number of hydrogen-bond acceptors (Lipinski definition) is 4. The Bertz CT molecular complexity index is 769. The van der Waals surface area contributed by atoms with Gasteiger partial charge in [-0.1, -0.05) is 12.1 Å². The second kappa shape index (κ2) is 8.32. The second-order valence-electron chi connectivity index (χ2n) is 7.80. The minimum atomic E-state index is -0.0750. The number of carbonyl (C=O) groups excluding carboxylic acids is 1. The molecule has 28 heavy (non-hydrogen) atoms. The van der Waals surface area contributed by atoms with Crippen molar-refractivity contribution in [3.8, 4) is 5.69 Å². The van der Waals surface area contributed by atoms with Crippen molar-refractivity contribution >= 4 is 6.03 Å². The Labute approximate surface area is 165 Å². The summed E-state index contributed by atoms with van der Waals surface area (Å²) in [4.78, 5) is 14.8. The number of carbonyl (C=O) groups is 1. The predicted octanol–water partition coefficient (Wildman–Crippen LogP) is 2.77. The van der Waals surface area contributed by atoms with E-state index in [2.05, 4.69) is 10.4 Å². The first-order valence-corrected chi connectivity index (χ1v) is 9.96. The van der Waals surface area contributed by atoms with Crippen molar-refractivity contribution in [1.82, 2.24) is 20.0 Å². The van der Waals surface area contributed by atoms with Gasteiger partial charge in [0.25, 0.3) is 0 Å². The van der Waals surface area contributed by atoms with Crippen LogP contribution in [0.1, 0.15) is 31.4 Å². The maximum Gasteiger partial charge on any atom is 0.317 e. The fourth-order valence-corrected chi connectivity index (χ4v) is 3.97. The van der Waals surface area contributed by atoms with Gasteiger partial charge < -0.3 is 19.7 Å². The van der Waals surface area contributed by atoms with Crippen molar-refractivity contribution in [2.24, 2.45) is 5.41 Å². The minimum absolute atomic E-state index is 0.0278. The molecule has 0 radical (unpaired) electrons. The monoisotopic (exact) mass is 384 g/mol. The fourth-order valence-electron chi connectivity index (χ4n) is 3.97. The van der Waals surface area contributed by atoms with E-state index < -0.39 is 0 Å². The Hall–Kier alpha value is -2.38. The zero-order chi connectivity index (χ0) is 19.4. The zero-order valence-corrected chi connectivity index (χ0v) is 16.3. The van der Waals surface area contributed by atoms with Crippen LogP contribution in [0.4, 0.5) is 4.79 Å². The molecule has 1 aromatic carbocycles. The summed E-state index contributed by atoms with van der Waals surface area (Å²) in [6, 6.07) is 9.89. The van der Waals surface area contributed by atoms with Crippen molar-refractivity contribution in [2.75, 3.05) is 39.5 Å². The molecule has 1 aromatic heterocycles. The molecule has 150 valence electrons. The van der Waals surface area contributed by atoms with Gasteiger partial charge in [-0.2, -0.15) is 5.10 Å². The number of urea groups is 1. The number of rotatable bonds is 3. The molecule has 2 fully saturated rings. The number of aromatic nitrogens is 2. The molecule has 1 atom stereocenters. The fraction of sp³-hybridized carbons (Fsp3) is 0.524. The number of ether oxygens (including phenoxy) is 2. The van der Waals surface area contributed by atoms with Gasteiger partial charge in [0.2, 0.25) is 0 Å². The Morgan fingerprint density at radius 3 is 2.68 bits per heavy atom. The van der Waals surface area contributed by atoms with Crippen molar-refractivity contribution in [1.29, 1.82) is 0 Å². The smallest absolute Gasteiger partial charge is 0.317 e. The van der Waals surface area contributed by atoms with Gasteiger partial charge in [-0.05, 0) is 43.5 Å². The van der Waals surface area contributed by atoms with Gasteiger partial charge in [0.1, 0.15) is 0 Å². The molecule has 7 nitrogen and oxygen atoms in total. The second-order valence-corrected chi connectivity index (χ2v) is 7.80. The van der Waals surface area contributed by atoms with E-state index in [-0.39, 0.29) is 17.5 Å². The van der Waals surface area contributed by atoms with Crippen LogP contribution in [0.5, 0.6) is 0 Å². The Morgan fingerprint density at radius 1 is 1.18 bits per heavy atom. The highest BCUT2D eigenvalue weighted by molar-refractivity contribution is 5.74. The molecule has 0 saturated carbocycles. The molecular weight excluding hydrogens is 356 g/mol. The van der Waals surface area contributed by atoms with E-state index in [0.29, 0.717) is 19.8 Å². The van der Waals surface area contributed by atoms with Gasteiger partial charge in [0.15, 0.2) is 0 Å². The lowest BCUT2D eigenvalue weighted by atomic mass is 9.80. The Balaban J connectivity index is 1.39. The van der Waals surface area contributed by atoms with E-state index in [4.69, 9.17) is 9.47 Å². The van der Waals surface area contributed by atoms with E-state index in [1.54, 1.807) is 6.20 Å². The molecule has 2 aliphatic rings. The van der Waals surface area contributed by atoms with Crippen molar-refractivity contribution in [3.63, 3.8) is 0 Å². The lowest BCUT2D eigenvalue weighted by molar-refractivity contribution is -0.0295. The highest BCUT2D eigenvalue weighted by atomic mass is 16.5. The number of hydrogen-bond donors (Lipinski definition) is 1. The van der Waals surface area contributed by atoms with Crippen LogP contribution in [-0.4, -0.2) is 60.2 Å². The molecular formula is C21H28N4O3. The lowest BCUT2D eigenvalue weighted by Crippen LogP contribution is -2.48. The van der Waals surface area contributed by atoms with Gasteiger partial charge in [-0.3, -0.25) is 0 Å². The molecule has 1 N–H and O–H groups in total. The summed E-state index contributed by atoms with van der Waals surface area (Å²) in [5.74, 6) is 0. The van der Waals surface area contributed by atoms with Crippen molar-refractivity contribution in [3.05, 3.63) is 48.3 Å². The molecule has 2 amide bonds. The standard InChI is InChI=1S/C21H28N4O3/c1-17(18-3-5-19(6-4-18)25-10-2-9-22-25)23-20(26)24-11-14-28-16-21(15-24)7-12-27-13-8-21/h2-6,9-10,17H,7-8,11-16H2,1H3,(H,23,26).